The van der Waals surface area contributed by atoms with Gasteiger partial charge in [0.1, 0.15) is 5.82 Å². The van der Waals surface area contributed by atoms with Crippen LogP contribution in [-0.2, 0) is 0 Å². The van der Waals surface area contributed by atoms with Crippen molar-refractivity contribution in [2.24, 2.45) is 0 Å². The molecule has 17 heavy (non-hydrogen) atoms. The van der Waals surface area contributed by atoms with E-state index in [1.165, 1.54) is 18.9 Å². The molecule has 0 radical (unpaired) electrons. The summed E-state index contributed by atoms with van der Waals surface area (Å²) in [6, 6.07) is 5.35. The molecule has 0 saturated carbocycles. The fourth-order valence-corrected chi connectivity index (χ4v) is 1.97. The number of anilines is 2. The number of hydrogen-bond acceptors (Lipinski definition) is 2. The average Bonchev–Trinajstić information content (AvgIpc) is 2.29. The Hall–Kier alpha value is -1.25. The minimum absolute atomic E-state index is 0.262. The van der Waals surface area contributed by atoms with Crippen molar-refractivity contribution in [2.45, 2.75) is 46.1 Å². The van der Waals surface area contributed by atoms with E-state index in [1.807, 2.05) is 6.07 Å². The van der Waals surface area contributed by atoms with Crippen LogP contribution < -0.4 is 10.6 Å². The number of nitrogens with two attached hydrogens (primary N) is 1. The van der Waals surface area contributed by atoms with Gasteiger partial charge >= 0.3 is 0 Å². The lowest BCUT2D eigenvalue weighted by atomic mass is 10.1. The van der Waals surface area contributed by atoms with Gasteiger partial charge in [-0.15, -0.1) is 0 Å². The summed E-state index contributed by atoms with van der Waals surface area (Å²) in [7, 11) is 0. The number of halogens is 1. The lowest BCUT2D eigenvalue weighted by Crippen LogP contribution is -2.32. The van der Waals surface area contributed by atoms with Gasteiger partial charge < -0.3 is 10.6 Å². The van der Waals surface area contributed by atoms with Crippen LogP contribution in [-0.4, -0.2) is 12.6 Å². The smallest absolute Gasteiger partial charge is 0.148 e. The van der Waals surface area contributed by atoms with Gasteiger partial charge in [-0.05, 0) is 32.4 Å². The minimum atomic E-state index is -0.330. The third-order valence-electron chi connectivity index (χ3n) is 2.97. The standard InChI is InChI=1S/C14H23FN2/c1-4-5-6-10-17(11(2)3)13-9-7-8-12(15)14(13)16/h7-9,11H,4-6,10,16H2,1-3H3. The largest absolute Gasteiger partial charge is 0.395 e. The highest BCUT2D eigenvalue weighted by molar-refractivity contribution is 5.68. The van der Waals surface area contributed by atoms with Crippen molar-refractivity contribution in [3.05, 3.63) is 24.0 Å². The maximum absolute atomic E-state index is 13.4. The van der Waals surface area contributed by atoms with Crippen LogP contribution in [0.15, 0.2) is 18.2 Å². The van der Waals surface area contributed by atoms with Gasteiger partial charge in [0.15, 0.2) is 0 Å². The van der Waals surface area contributed by atoms with Gasteiger partial charge in [0, 0.05) is 12.6 Å². The second kappa shape index (κ2) is 6.48. The number of nitrogens with zero attached hydrogens (tertiary/aromatic N) is 1. The van der Waals surface area contributed by atoms with E-state index in [-0.39, 0.29) is 11.5 Å². The maximum Gasteiger partial charge on any atom is 0.148 e. The molecule has 1 aromatic carbocycles. The fourth-order valence-electron chi connectivity index (χ4n) is 1.97. The number of rotatable bonds is 6. The SMILES string of the molecule is CCCCCN(c1cccc(F)c1N)C(C)C. The summed E-state index contributed by atoms with van der Waals surface area (Å²) in [4.78, 5) is 2.17. The van der Waals surface area contributed by atoms with E-state index in [1.54, 1.807) is 6.07 Å². The molecule has 0 saturated heterocycles. The van der Waals surface area contributed by atoms with Crippen molar-refractivity contribution in [3.63, 3.8) is 0 Å². The molecule has 0 unspecified atom stereocenters. The Morgan fingerprint density at radius 3 is 2.59 bits per heavy atom. The van der Waals surface area contributed by atoms with Crippen LogP contribution in [0.25, 0.3) is 0 Å². The summed E-state index contributed by atoms with van der Waals surface area (Å²) in [5, 5.41) is 0. The van der Waals surface area contributed by atoms with Crippen LogP contribution in [0.3, 0.4) is 0 Å². The van der Waals surface area contributed by atoms with Gasteiger partial charge in [-0.2, -0.15) is 0 Å². The number of benzene rings is 1. The van der Waals surface area contributed by atoms with Crippen molar-refractivity contribution in [1.82, 2.24) is 0 Å². The Labute approximate surface area is 104 Å². The van der Waals surface area contributed by atoms with E-state index in [0.717, 1.165) is 18.7 Å². The zero-order valence-corrected chi connectivity index (χ0v) is 11.0. The summed E-state index contributed by atoms with van der Waals surface area (Å²) < 4.78 is 13.4. The summed E-state index contributed by atoms with van der Waals surface area (Å²) in [5.41, 5.74) is 6.89. The topological polar surface area (TPSA) is 29.3 Å². The van der Waals surface area contributed by atoms with E-state index in [2.05, 4.69) is 25.7 Å². The number of para-hydroxylation sites is 1. The van der Waals surface area contributed by atoms with Crippen LogP contribution in [0.5, 0.6) is 0 Å². The van der Waals surface area contributed by atoms with Crippen LogP contribution in [0.4, 0.5) is 15.8 Å². The molecule has 0 amide bonds. The molecule has 0 aliphatic rings. The third kappa shape index (κ3) is 3.62. The molecule has 1 rings (SSSR count). The highest BCUT2D eigenvalue weighted by Gasteiger charge is 2.14. The quantitative estimate of drug-likeness (QED) is 0.603. The van der Waals surface area contributed by atoms with E-state index in [9.17, 15) is 4.39 Å². The highest BCUT2D eigenvalue weighted by Crippen LogP contribution is 2.27. The molecule has 3 heteroatoms. The van der Waals surface area contributed by atoms with Gasteiger partial charge in [-0.25, -0.2) is 4.39 Å². The van der Waals surface area contributed by atoms with Crippen molar-refractivity contribution < 1.29 is 4.39 Å². The monoisotopic (exact) mass is 238 g/mol. The molecular formula is C14H23FN2. The molecule has 0 aliphatic heterocycles. The maximum atomic E-state index is 13.4. The number of nitrogen functional groups attached to an aromatic ring is 1. The van der Waals surface area contributed by atoms with Crippen LogP contribution in [0.2, 0.25) is 0 Å². The first-order valence-corrected chi connectivity index (χ1v) is 6.38. The van der Waals surface area contributed by atoms with E-state index >= 15 is 0 Å². The van der Waals surface area contributed by atoms with Crippen molar-refractivity contribution in [3.8, 4) is 0 Å². The molecule has 1 aromatic rings. The van der Waals surface area contributed by atoms with Crippen molar-refractivity contribution in [1.29, 1.82) is 0 Å². The zero-order chi connectivity index (χ0) is 12.8. The first-order chi connectivity index (χ1) is 8.07. The average molecular weight is 238 g/mol. The molecule has 0 fully saturated rings. The second-order valence-electron chi connectivity index (χ2n) is 4.67. The second-order valence-corrected chi connectivity index (χ2v) is 4.67. The van der Waals surface area contributed by atoms with Gasteiger partial charge in [0.05, 0.1) is 11.4 Å². The Morgan fingerprint density at radius 1 is 1.29 bits per heavy atom. The Balaban J connectivity index is 2.86. The highest BCUT2D eigenvalue weighted by atomic mass is 19.1. The molecule has 2 N–H and O–H groups in total. The number of hydrogen-bond donors (Lipinski definition) is 1. The summed E-state index contributed by atoms with van der Waals surface area (Å²) >= 11 is 0. The molecule has 0 aliphatic carbocycles. The fraction of sp³-hybridized carbons (Fsp3) is 0.571. The lowest BCUT2D eigenvalue weighted by Gasteiger charge is -2.30. The Morgan fingerprint density at radius 2 is 2.00 bits per heavy atom. The van der Waals surface area contributed by atoms with Crippen LogP contribution in [0.1, 0.15) is 40.0 Å². The van der Waals surface area contributed by atoms with Crippen LogP contribution in [0, 0.1) is 5.82 Å². The molecule has 0 atom stereocenters. The third-order valence-corrected chi connectivity index (χ3v) is 2.97. The first-order valence-electron chi connectivity index (χ1n) is 6.38. The van der Waals surface area contributed by atoms with Gasteiger partial charge in [-0.3, -0.25) is 0 Å². The number of unbranched alkanes of at least 4 members (excludes halogenated alkanes) is 2. The van der Waals surface area contributed by atoms with E-state index in [4.69, 9.17) is 5.73 Å². The molecule has 0 spiro atoms. The van der Waals surface area contributed by atoms with Gasteiger partial charge in [0.25, 0.3) is 0 Å². The lowest BCUT2D eigenvalue weighted by molar-refractivity contribution is 0.614. The normalized spacial score (nSPS) is 10.9. The van der Waals surface area contributed by atoms with Gasteiger partial charge in [0.2, 0.25) is 0 Å². The molecular weight excluding hydrogens is 215 g/mol. The molecule has 0 aromatic heterocycles. The predicted octanol–water partition coefficient (Wildman–Crippen LogP) is 3.81. The summed E-state index contributed by atoms with van der Waals surface area (Å²) in [5.74, 6) is -0.330. The first kappa shape index (κ1) is 13.8. The molecule has 0 heterocycles. The van der Waals surface area contributed by atoms with E-state index in [0.29, 0.717) is 6.04 Å². The minimum Gasteiger partial charge on any atom is -0.395 e. The predicted molar refractivity (Wildman–Crippen MR) is 72.8 cm³/mol. The summed E-state index contributed by atoms with van der Waals surface area (Å²) in [6.45, 7) is 7.32. The zero-order valence-electron chi connectivity index (χ0n) is 11.0. The van der Waals surface area contributed by atoms with Gasteiger partial charge in [-0.1, -0.05) is 25.8 Å². The Bertz CT molecular complexity index is 350. The molecule has 2 nitrogen and oxygen atoms in total. The van der Waals surface area contributed by atoms with Crippen molar-refractivity contribution >= 4 is 11.4 Å². The molecule has 0 bridgehead atoms. The van der Waals surface area contributed by atoms with Crippen LogP contribution >= 0.6 is 0 Å². The van der Waals surface area contributed by atoms with Crippen molar-refractivity contribution in [2.75, 3.05) is 17.2 Å². The van der Waals surface area contributed by atoms with E-state index < -0.39 is 0 Å². The molecule has 96 valence electrons. The Kier molecular flexibility index (Phi) is 5.26. The summed E-state index contributed by atoms with van der Waals surface area (Å²) in [6.07, 6.45) is 3.49.